The first-order valence-corrected chi connectivity index (χ1v) is 6.33. The number of aryl methyl sites for hydroxylation is 1. The number of hydrogen-bond acceptors (Lipinski definition) is 3. The van der Waals surface area contributed by atoms with Crippen LogP contribution < -0.4 is 0 Å². The van der Waals surface area contributed by atoms with E-state index in [1.54, 1.807) is 13.0 Å². The molecule has 0 bridgehead atoms. The van der Waals surface area contributed by atoms with E-state index in [4.69, 9.17) is 15.1 Å². The number of rotatable bonds is 2. The molecule has 1 rings (SSSR count). The topological polar surface area (TPSA) is 47.3 Å². The Morgan fingerprint density at radius 3 is 2.58 bits per heavy atom. The predicted molar refractivity (Wildman–Crippen MR) is 49.6 cm³/mol. The first-order chi connectivity index (χ1) is 5.38. The monoisotopic (exact) mass is 272 g/mol. The fourth-order valence-corrected chi connectivity index (χ4v) is 2.21. The van der Waals surface area contributed by atoms with Crippen molar-refractivity contribution in [2.75, 3.05) is 0 Å². The Labute approximate surface area is 83.3 Å². The van der Waals surface area contributed by atoms with Crippen LogP contribution in [0.1, 0.15) is 11.3 Å². The highest BCUT2D eigenvalue weighted by Crippen LogP contribution is 2.22. The van der Waals surface area contributed by atoms with E-state index in [-0.39, 0.29) is 5.75 Å². The van der Waals surface area contributed by atoms with Crippen LogP contribution in [0, 0.1) is 6.92 Å². The van der Waals surface area contributed by atoms with Gasteiger partial charge in [-0.1, -0.05) is 0 Å². The van der Waals surface area contributed by atoms with Crippen LogP contribution in [0.5, 0.6) is 0 Å². The molecule has 68 valence electrons. The smallest absolute Gasteiger partial charge is 0.239 e. The van der Waals surface area contributed by atoms with E-state index in [0.717, 1.165) is 5.56 Å². The maximum Gasteiger partial charge on any atom is 0.239 e. The van der Waals surface area contributed by atoms with Crippen LogP contribution in [0.2, 0.25) is 0 Å². The summed E-state index contributed by atoms with van der Waals surface area (Å²) in [4.78, 5) is 0. The van der Waals surface area contributed by atoms with Crippen molar-refractivity contribution in [3.05, 3.63) is 22.1 Å². The van der Waals surface area contributed by atoms with Gasteiger partial charge in [-0.25, -0.2) is 8.42 Å². The summed E-state index contributed by atoms with van der Waals surface area (Å²) in [7, 11) is 1.52. The van der Waals surface area contributed by atoms with Crippen molar-refractivity contribution in [2.45, 2.75) is 12.7 Å². The first kappa shape index (κ1) is 10.1. The van der Waals surface area contributed by atoms with Crippen LogP contribution in [0.4, 0.5) is 0 Å². The average Bonchev–Trinajstić information content (AvgIpc) is 2.06. The van der Waals surface area contributed by atoms with Gasteiger partial charge < -0.3 is 4.42 Å². The summed E-state index contributed by atoms with van der Waals surface area (Å²) in [5.41, 5.74) is 0.770. The van der Waals surface area contributed by atoms with Crippen molar-refractivity contribution in [3.63, 3.8) is 0 Å². The molecule has 1 aromatic heterocycles. The van der Waals surface area contributed by atoms with Gasteiger partial charge in [0, 0.05) is 10.7 Å². The van der Waals surface area contributed by atoms with Crippen LogP contribution >= 0.6 is 26.6 Å². The zero-order valence-electron chi connectivity index (χ0n) is 6.17. The van der Waals surface area contributed by atoms with Gasteiger partial charge in [-0.15, -0.1) is 0 Å². The zero-order chi connectivity index (χ0) is 9.35. The summed E-state index contributed by atoms with van der Waals surface area (Å²) in [5, 5.41) is 0. The summed E-state index contributed by atoms with van der Waals surface area (Å²) < 4.78 is 26.9. The summed E-state index contributed by atoms with van der Waals surface area (Å²) in [6.07, 6.45) is 0. The van der Waals surface area contributed by atoms with Gasteiger partial charge in [-0.05, 0) is 34.5 Å². The number of furan rings is 1. The molecule has 12 heavy (non-hydrogen) atoms. The van der Waals surface area contributed by atoms with Crippen molar-refractivity contribution < 1.29 is 12.8 Å². The molecule has 0 unspecified atom stereocenters. The molecule has 1 heterocycles. The molecule has 0 spiro atoms. The van der Waals surface area contributed by atoms with Gasteiger partial charge in [0.2, 0.25) is 9.05 Å². The van der Waals surface area contributed by atoms with Crippen LogP contribution in [0.3, 0.4) is 0 Å². The minimum atomic E-state index is -3.53. The van der Waals surface area contributed by atoms with Crippen molar-refractivity contribution in [3.8, 4) is 0 Å². The van der Waals surface area contributed by atoms with E-state index < -0.39 is 9.05 Å². The minimum Gasteiger partial charge on any atom is -0.453 e. The highest BCUT2D eigenvalue weighted by atomic mass is 79.9. The lowest BCUT2D eigenvalue weighted by molar-refractivity contribution is 0.499. The fourth-order valence-electron chi connectivity index (χ4n) is 0.778. The Hall–Kier alpha value is -0.000000000000000111. The highest BCUT2D eigenvalue weighted by Gasteiger charge is 2.13. The van der Waals surface area contributed by atoms with E-state index in [1.165, 1.54) is 0 Å². The van der Waals surface area contributed by atoms with Crippen molar-refractivity contribution in [1.82, 2.24) is 0 Å². The lowest BCUT2D eigenvalue weighted by Gasteiger charge is -1.92. The second kappa shape index (κ2) is 3.40. The SMILES string of the molecule is Cc1cc(Br)oc1CS(=O)(=O)Cl. The van der Waals surface area contributed by atoms with Crippen molar-refractivity contribution in [1.29, 1.82) is 0 Å². The molecule has 0 N–H and O–H groups in total. The van der Waals surface area contributed by atoms with Crippen molar-refractivity contribution in [2.24, 2.45) is 0 Å². The Bertz CT molecular complexity index is 381. The molecule has 1 aromatic rings. The second-order valence-corrected chi connectivity index (χ2v) is 5.90. The summed E-state index contributed by atoms with van der Waals surface area (Å²) in [6.45, 7) is 1.76. The molecule has 3 nitrogen and oxygen atoms in total. The maximum absolute atomic E-state index is 10.7. The standard InChI is InChI=1S/C6H6BrClO3S/c1-4-2-6(7)11-5(4)3-12(8,9)10/h2H,3H2,1H3. The molecule has 0 saturated carbocycles. The van der Waals surface area contributed by atoms with Gasteiger partial charge in [-0.2, -0.15) is 0 Å². The molecule has 0 saturated heterocycles. The second-order valence-electron chi connectivity index (χ2n) is 2.34. The normalized spacial score (nSPS) is 11.9. The van der Waals surface area contributed by atoms with Crippen molar-refractivity contribution >= 4 is 35.7 Å². The van der Waals surface area contributed by atoms with Gasteiger partial charge in [0.25, 0.3) is 0 Å². The van der Waals surface area contributed by atoms with Crippen LogP contribution in [0.15, 0.2) is 15.2 Å². The molecule has 0 aliphatic carbocycles. The quantitative estimate of drug-likeness (QED) is 0.778. The molecule has 6 heteroatoms. The van der Waals surface area contributed by atoms with E-state index >= 15 is 0 Å². The third kappa shape index (κ3) is 2.80. The molecule has 0 fully saturated rings. The zero-order valence-corrected chi connectivity index (χ0v) is 9.33. The van der Waals surface area contributed by atoms with Gasteiger partial charge in [0.15, 0.2) is 4.67 Å². The van der Waals surface area contributed by atoms with Gasteiger partial charge in [0.05, 0.1) is 0 Å². The van der Waals surface area contributed by atoms with E-state index in [2.05, 4.69) is 15.9 Å². The molecule has 0 aliphatic rings. The predicted octanol–water partition coefficient (Wildman–Crippen LogP) is 2.42. The first-order valence-electron chi connectivity index (χ1n) is 3.05. The molecule has 0 aliphatic heterocycles. The van der Waals surface area contributed by atoms with Gasteiger partial charge in [0.1, 0.15) is 11.5 Å². The molecule has 0 aromatic carbocycles. The van der Waals surface area contributed by atoms with Crippen LogP contribution in [0.25, 0.3) is 0 Å². The molecular weight excluding hydrogens is 267 g/mol. The number of hydrogen-bond donors (Lipinski definition) is 0. The lowest BCUT2D eigenvalue weighted by Crippen LogP contribution is -1.94. The van der Waals surface area contributed by atoms with Gasteiger partial charge >= 0.3 is 0 Å². The van der Waals surface area contributed by atoms with Crippen LogP contribution in [-0.2, 0) is 14.8 Å². The van der Waals surface area contributed by atoms with E-state index in [1.807, 2.05) is 0 Å². The molecular formula is C6H6BrClO3S. The third-order valence-electron chi connectivity index (χ3n) is 1.29. The van der Waals surface area contributed by atoms with E-state index in [0.29, 0.717) is 10.4 Å². The fraction of sp³-hybridized carbons (Fsp3) is 0.333. The molecule has 0 atom stereocenters. The summed E-state index contributed by atoms with van der Waals surface area (Å²) in [5.74, 6) is 0.100. The summed E-state index contributed by atoms with van der Waals surface area (Å²) in [6, 6.07) is 1.69. The van der Waals surface area contributed by atoms with E-state index in [9.17, 15) is 8.42 Å². The highest BCUT2D eigenvalue weighted by molar-refractivity contribution is 9.10. The molecule has 0 radical (unpaired) electrons. The summed E-state index contributed by atoms with van der Waals surface area (Å²) >= 11 is 3.09. The lowest BCUT2D eigenvalue weighted by atomic mass is 10.3. The van der Waals surface area contributed by atoms with Gasteiger partial charge in [-0.3, -0.25) is 0 Å². The van der Waals surface area contributed by atoms with Crippen LogP contribution in [-0.4, -0.2) is 8.42 Å². The minimum absolute atomic E-state index is 0.272. The Morgan fingerprint density at radius 1 is 1.67 bits per heavy atom. The third-order valence-corrected chi connectivity index (χ3v) is 2.62. The number of halogens is 2. The maximum atomic E-state index is 10.7. The Morgan fingerprint density at radius 2 is 2.25 bits per heavy atom. The average molecular weight is 274 g/mol. The largest absolute Gasteiger partial charge is 0.453 e. The Kier molecular flexibility index (Phi) is 2.85. The molecule has 0 amide bonds. The Balaban J connectivity index is 2.97.